The van der Waals surface area contributed by atoms with Gasteiger partial charge in [0.25, 0.3) is 0 Å². The van der Waals surface area contributed by atoms with E-state index >= 15 is 0 Å². The SMILES string of the molecule is C[C@]12C=C[C@H](c3cc(F)c(O)c(F)c3F)C[C@H]1CC[C@@H]2O. The van der Waals surface area contributed by atoms with E-state index in [1.165, 1.54) is 0 Å². The van der Waals surface area contributed by atoms with Crippen LogP contribution in [0.5, 0.6) is 5.75 Å². The van der Waals surface area contributed by atoms with Crippen molar-refractivity contribution in [3.05, 3.63) is 41.2 Å². The molecule has 1 aromatic carbocycles. The van der Waals surface area contributed by atoms with E-state index in [1.54, 1.807) is 6.08 Å². The maximum absolute atomic E-state index is 14.0. The second kappa shape index (κ2) is 4.77. The predicted octanol–water partition coefficient (Wildman–Crippen LogP) is 3.63. The fourth-order valence-corrected chi connectivity index (χ4v) is 3.68. The summed E-state index contributed by atoms with van der Waals surface area (Å²) in [5.74, 6) is -5.47. The van der Waals surface area contributed by atoms with Gasteiger partial charge in [-0.25, -0.2) is 8.78 Å². The molecule has 0 saturated heterocycles. The van der Waals surface area contributed by atoms with Crippen molar-refractivity contribution in [2.75, 3.05) is 0 Å². The van der Waals surface area contributed by atoms with Crippen LogP contribution in [0.1, 0.15) is 37.7 Å². The minimum absolute atomic E-state index is 0.0810. The van der Waals surface area contributed by atoms with E-state index in [9.17, 15) is 18.3 Å². The summed E-state index contributed by atoms with van der Waals surface area (Å²) in [6.45, 7) is 1.95. The van der Waals surface area contributed by atoms with Gasteiger partial charge in [0, 0.05) is 16.9 Å². The summed E-state index contributed by atoms with van der Waals surface area (Å²) in [4.78, 5) is 0. The molecule has 1 saturated carbocycles. The Bertz CT molecular complexity index is 614. The molecule has 0 aromatic heterocycles. The van der Waals surface area contributed by atoms with Crippen LogP contribution in [0.2, 0.25) is 0 Å². The highest BCUT2D eigenvalue weighted by Gasteiger charge is 2.47. The molecule has 0 unspecified atom stereocenters. The standard InChI is InChI=1S/C16H17F3O2/c1-16-5-4-8(6-9(16)2-3-12(16)20)10-7-11(17)15(21)14(19)13(10)18/h4-5,7-9,12,20-21H,2-3,6H2,1H3/t8-,9+,12-,16-/m0/s1. The average Bonchev–Trinajstić information content (AvgIpc) is 2.76. The zero-order valence-corrected chi connectivity index (χ0v) is 11.6. The van der Waals surface area contributed by atoms with E-state index in [4.69, 9.17) is 5.11 Å². The molecule has 2 N–H and O–H groups in total. The topological polar surface area (TPSA) is 40.5 Å². The lowest BCUT2D eigenvalue weighted by atomic mass is 9.68. The summed E-state index contributed by atoms with van der Waals surface area (Å²) < 4.78 is 40.9. The number of aliphatic hydroxyl groups excluding tert-OH is 1. The number of hydrogen-bond donors (Lipinski definition) is 2. The van der Waals surface area contributed by atoms with Crippen LogP contribution < -0.4 is 0 Å². The van der Waals surface area contributed by atoms with Crippen molar-refractivity contribution in [1.29, 1.82) is 0 Å². The normalized spacial score (nSPS) is 35.0. The van der Waals surface area contributed by atoms with Gasteiger partial charge in [-0.15, -0.1) is 0 Å². The summed E-state index contributed by atoms with van der Waals surface area (Å²) >= 11 is 0. The third kappa shape index (κ3) is 2.06. The number of fused-ring (bicyclic) bond motifs is 1. The van der Waals surface area contributed by atoms with Crippen molar-refractivity contribution in [2.45, 2.75) is 38.2 Å². The van der Waals surface area contributed by atoms with Gasteiger partial charge in [0.2, 0.25) is 5.82 Å². The Labute approximate surface area is 120 Å². The molecule has 0 heterocycles. The zero-order valence-electron chi connectivity index (χ0n) is 11.6. The number of phenols is 1. The maximum Gasteiger partial charge on any atom is 0.203 e. The van der Waals surface area contributed by atoms with Gasteiger partial charge in [-0.05, 0) is 31.2 Å². The Morgan fingerprint density at radius 3 is 2.62 bits per heavy atom. The van der Waals surface area contributed by atoms with E-state index < -0.39 is 35.2 Å². The van der Waals surface area contributed by atoms with Gasteiger partial charge in [0.05, 0.1) is 6.10 Å². The summed E-state index contributed by atoms with van der Waals surface area (Å²) in [5, 5.41) is 19.1. The predicted molar refractivity (Wildman–Crippen MR) is 71.3 cm³/mol. The average molecular weight is 298 g/mol. The first-order valence-electron chi connectivity index (χ1n) is 7.08. The lowest BCUT2D eigenvalue weighted by Crippen LogP contribution is -2.33. The van der Waals surface area contributed by atoms with E-state index in [1.807, 2.05) is 13.0 Å². The number of rotatable bonds is 1. The number of hydrogen-bond acceptors (Lipinski definition) is 2. The monoisotopic (exact) mass is 298 g/mol. The Kier molecular flexibility index (Phi) is 3.28. The molecule has 114 valence electrons. The highest BCUT2D eigenvalue weighted by Crippen LogP contribution is 2.52. The van der Waals surface area contributed by atoms with Gasteiger partial charge >= 0.3 is 0 Å². The fraction of sp³-hybridized carbons (Fsp3) is 0.500. The molecule has 5 heteroatoms. The van der Waals surface area contributed by atoms with Crippen molar-refractivity contribution >= 4 is 0 Å². The second-order valence-corrected chi connectivity index (χ2v) is 6.28. The lowest BCUT2D eigenvalue weighted by Gasteiger charge is -2.37. The maximum atomic E-state index is 14.0. The van der Waals surface area contributed by atoms with Crippen LogP contribution >= 0.6 is 0 Å². The number of aliphatic hydroxyl groups is 1. The molecule has 0 spiro atoms. The number of phenolic OH excluding ortho intramolecular Hbond substituents is 1. The van der Waals surface area contributed by atoms with E-state index in [0.29, 0.717) is 12.8 Å². The summed E-state index contributed by atoms with van der Waals surface area (Å²) in [6, 6.07) is 0.858. The lowest BCUT2D eigenvalue weighted by molar-refractivity contribution is 0.0689. The van der Waals surface area contributed by atoms with Crippen molar-refractivity contribution in [2.24, 2.45) is 11.3 Å². The van der Waals surface area contributed by atoms with Crippen LogP contribution in [-0.4, -0.2) is 16.3 Å². The minimum Gasteiger partial charge on any atom is -0.503 e. The summed E-state index contributed by atoms with van der Waals surface area (Å²) in [6.07, 6.45) is 5.13. The van der Waals surface area contributed by atoms with Gasteiger partial charge < -0.3 is 10.2 Å². The van der Waals surface area contributed by atoms with Crippen LogP contribution in [0, 0.1) is 28.8 Å². The highest BCUT2D eigenvalue weighted by atomic mass is 19.2. The molecule has 0 radical (unpaired) electrons. The van der Waals surface area contributed by atoms with Gasteiger partial charge in [-0.2, -0.15) is 4.39 Å². The molecule has 0 bridgehead atoms. The Morgan fingerprint density at radius 2 is 1.90 bits per heavy atom. The molecule has 1 aromatic rings. The molecule has 0 aliphatic heterocycles. The molecule has 0 amide bonds. The highest BCUT2D eigenvalue weighted by molar-refractivity contribution is 5.36. The van der Waals surface area contributed by atoms with Crippen LogP contribution in [0.4, 0.5) is 13.2 Å². The van der Waals surface area contributed by atoms with Gasteiger partial charge in [0.1, 0.15) is 0 Å². The van der Waals surface area contributed by atoms with Crippen LogP contribution in [0.15, 0.2) is 18.2 Å². The third-order valence-electron chi connectivity index (χ3n) is 5.17. The minimum atomic E-state index is -1.54. The quantitative estimate of drug-likeness (QED) is 0.614. The molecular weight excluding hydrogens is 281 g/mol. The van der Waals surface area contributed by atoms with E-state index in [0.717, 1.165) is 12.5 Å². The fourth-order valence-electron chi connectivity index (χ4n) is 3.68. The first-order chi connectivity index (χ1) is 9.84. The van der Waals surface area contributed by atoms with Crippen molar-refractivity contribution < 1.29 is 23.4 Å². The molecule has 2 aliphatic carbocycles. The van der Waals surface area contributed by atoms with Crippen molar-refractivity contribution in [1.82, 2.24) is 0 Å². The molecule has 2 aliphatic rings. The number of aromatic hydroxyl groups is 1. The molecule has 1 fully saturated rings. The van der Waals surface area contributed by atoms with Gasteiger partial charge in [-0.3, -0.25) is 0 Å². The van der Waals surface area contributed by atoms with Crippen LogP contribution in [-0.2, 0) is 0 Å². The van der Waals surface area contributed by atoms with Gasteiger partial charge in [-0.1, -0.05) is 19.1 Å². The van der Waals surface area contributed by atoms with E-state index in [-0.39, 0.29) is 16.9 Å². The first-order valence-corrected chi connectivity index (χ1v) is 7.08. The summed E-state index contributed by atoms with van der Waals surface area (Å²) in [5.41, 5.74) is -0.427. The Morgan fingerprint density at radius 1 is 1.19 bits per heavy atom. The number of benzene rings is 1. The van der Waals surface area contributed by atoms with E-state index in [2.05, 4.69) is 0 Å². The number of allylic oxidation sites excluding steroid dienone is 1. The van der Waals surface area contributed by atoms with Crippen molar-refractivity contribution in [3.8, 4) is 5.75 Å². The Hall–Kier alpha value is -1.49. The van der Waals surface area contributed by atoms with Crippen molar-refractivity contribution in [3.63, 3.8) is 0 Å². The molecule has 4 atom stereocenters. The van der Waals surface area contributed by atoms with Crippen LogP contribution in [0.25, 0.3) is 0 Å². The Balaban J connectivity index is 1.99. The smallest absolute Gasteiger partial charge is 0.203 e. The molecule has 3 rings (SSSR count). The second-order valence-electron chi connectivity index (χ2n) is 6.28. The van der Waals surface area contributed by atoms with Gasteiger partial charge in [0.15, 0.2) is 17.4 Å². The third-order valence-corrected chi connectivity index (χ3v) is 5.17. The zero-order chi connectivity index (χ0) is 15.4. The molecular formula is C16H17F3O2. The summed E-state index contributed by atoms with van der Waals surface area (Å²) in [7, 11) is 0. The van der Waals surface area contributed by atoms with Crippen LogP contribution in [0.3, 0.4) is 0 Å². The number of halogens is 3. The molecule has 21 heavy (non-hydrogen) atoms. The largest absolute Gasteiger partial charge is 0.503 e. The molecule has 2 nitrogen and oxygen atoms in total. The first kappa shape index (κ1) is 14.4.